The Morgan fingerprint density at radius 2 is 1.58 bits per heavy atom. The van der Waals surface area contributed by atoms with E-state index in [2.05, 4.69) is 16.0 Å². The second-order valence-corrected chi connectivity index (χ2v) is 12.5. The van der Waals surface area contributed by atoms with Gasteiger partial charge in [-0.25, -0.2) is 8.78 Å². The quantitative estimate of drug-likeness (QED) is 0.153. The molecule has 3 amide bonds. The van der Waals surface area contributed by atoms with Crippen LogP contribution in [0.25, 0.3) is 0 Å². The number of hydrogen-bond donors (Lipinski definition) is 3. The smallest absolute Gasteiger partial charge is 0.257 e. The van der Waals surface area contributed by atoms with Crippen molar-refractivity contribution >= 4 is 104 Å². The van der Waals surface area contributed by atoms with E-state index in [1.807, 2.05) is 0 Å². The first-order chi connectivity index (χ1) is 20.2. The number of hydrogen-bond acceptors (Lipinski definition) is 4. The normalized spacial score (nSPS) is 17.6. The number of carbonyl (C=O) groups is 3. The number of alkyl halides is 2. The molecule has 0 aliphatic heterocycles. The van der Waals surface area contributed by atoms with Crippen LogP contribution in [0.15, 0.2) is 42.5 Å². The third-order valence-corrected chi connectivity index (χ3v) is 9.02. The van der Waals surface area contributed by atoms with E-state index in [0.717, 1.165) is 12.1 Å². The van der Waals surface area contributed by atoms with E-state index in [4.69, 9.17) is 74.3 Å². The Morgan fingerprint density at radius 1 is 0.930 bits per heavy atom. The number of amides is 3. The molecule has 43 heavy (non-hydrogen) atoms. The van der Waals surface area contributed by atoms with Crippen LogP contribution in [0.3, 0.4) is 0 Å². The Bertz CT molecular complexity index is 1600. The van der Waals surface area contributed by atoms with Gasteiger partial charge in [-0.15, -0.1) is 23.2 Å². The fourth-order valence-corrected chi connectivity index (χ4v) is 5.97. The molecule has 0 heterocycles. The number of ether oxygens (including phenoxy) is 1. The highest BCUT2D eigenvalue weighted by Crippen LogP contribution is 2.65. The molecule has 228 valence electrons. The van der Waals surface area contributed by atoms with Gasteiger partial charge < -0.3 is 20.7 Å². The Kier molecular flexibility index (Phi) is 10.4. The van der Waals surface area contributed by atoms with Crippen molar-refractivity contribution < 1.29 is 27.9 Å². The van der Waals surface area contributed by atoms with Crippen molar-refractivity contribution in [2.75, 3.05) is 22.6 Å². The van der Waals surface area contributed by atoms with Gasteiger partial charge in [0.1, 0.15) is 21.9 Å². The van der Waals surface area contributed by atoms with Gasteiger partial charge in [0.2, 0.25) is 5.91 Å². The van der Waals surface area contributed by atoms with E-state index in [1.54, 1.807) is 6.92 Å². The molecule has 4 rings (SSSR count). The second-order valence-electron chi connectivity index (χ2n) is 9.44. The van der Waals surface area contributed by atoms with E-state index >= 15 is 4.39 Å². The van der Waals surface area contributed by atoms with E-state index in [-0.39, 0.29) is 37.9 Å². The summed E-state index contributed by atoms with van der Waals surface area (Å²) in [6, 6.07) is 8.90. The maximum Gasteiger partial charge on any atom is 0.257 e. The first kappa shape index (κ1) is 33.5. The molecule has 0 spiro atoms. The van der Waals surface area contributed by atoms with E-state index in [9.17, 15) is 18.8 Å². The van der Waals surface area contributed by atoms with Crippen molar-refractivity contribution in [3.05, 3.63) is 85.3 Å². The van der Waals surface area contributed by atoms with Crippen LogP contribution in [0, 0.1) is 17.6 Å². The van der Waals surface area contributed by atoms with E-state index in [1.165, 1.54) is 37.3 Å². The summed E-state index contributed by atoms with van der Waals surface area (Å²) in [5.41, 5.74) is -0.699. The zero-order chi connectivity index (χ0) is 31.8. The summed E-state index contributed by atoms with van der Waals surface area (Å²) in [7, 11) is 0. The molecular formula is C28H21Cl6F2N3O4. The highest BCUT2D eigenvalue weighted by atomic mass is 35.5. The summed E-state index contributed by atoms with van der Waals surface area (Å²) in [5, 5.41) is 7.50. The fraction of sp³-hybridized carbons (Fsp3) is 0.250. The molecule has 1 aliphatic carbocycles. The van der Waals surface area contributed by atoms with Crippen LogP contribution in [0.4, 0.5) is 25.8 Å². The summed E-state index contributed by atoms with van der Waals surface area (Å²) < 4.78 is 33.1. The molecule has 0 aromatic heterocycles. The van der Waals surface area contributed by atoms with Crippen LogP contribution < -0.4 is 16.0 Å². The number of halogens is 8. The van der Waals surface area contributed by atoms with Crippen molar-refractivity contribution in [1.29, 1.82) is 0 Å². The predicted octanol–water partition coefficient (Wildman–Crippen LogP) is 8.72. The van der Waals surface area contributed by atoms with Gasteiger partial charge in [0.05, 0.1) is 37.3 Å². The van der Waals surface area contributed by atoms with Crippen LogP contribution in [0.5, 0.6) is 0 Å². The Hall–Kier alpha value is -2.37. The maximum atomic E-state index is 15.1. The largest absolute Gasteiger partial charge is 0.369 e. The molecule has 15 heteroatoms. The maximum absolute atomic E-state index is 15.1. The van der Waals surface area contributed by atoms with Crippen molar-refractivity contribution in [3.8, 4) is 0 Å². The van der Waals surface area contributed by atoms with Gasteiger partial charge in [0.15, 0.2) is 5.82 Å². The number of benzene rings is 3. The topological polar surface area (TPSA) is 96.5 Å². The van der Waals surface area contributed by atoms with Crippen LogP contribution in [0.1, 0.15) is 35.7 Å². The zero-order valence-corrected chi connectivity index (χ0v) is 26.7. The average molecular weight is 714 g/mol. The molecule has 1 aliphatic rings. The first-order valence-corrected chi connectivity index (χ1v) is 14.8. The molecule has 0 bridgehead atoms. The molecular weight excluding hydrogens is 693 g/mol. The molecule has 0 saturated heterocycles. The third kappa shape index (κ3) is 7.14. The van der Waals surface area contributed by atoms with E-state index in [0.29, 0.717) is 5.56 Å². The van der Waals surface area contributed by atoms with Gasteiger partial charge in [0.25, 0.3) is 11.8 Å². The summed E-state index contributed by atoms with van der Waals surface area (Å²) in [5.74, 6) is -6.11. The van der Waals surface area contributed by atoms with Crippen molar-refractivity contribution in [3.63, 3.8) is 0 Å². The zero-order valence-electron chi connectivity index (χ0n) is 22.1. The Labute approximate surface area is 275 Å². The molecule has 3 aromatic rings. The molecule has 0 radical (unpaired) electrons. The van der Waals surface area contributed by atoms with Gasteiger partial charge in [-0.3, -0.25) is 14.4 Å². The SMILES string of the molecule is CCOC(C)C(=O)Nc1c(F)ccc(NC(=O)c2cc(NC(=O)[C@H]3[C@H](c4cc(Cl)c(Cl)c(Cl)c4)C3(Cl)Cl)ccc2Cl)c1F. The number of carbonyl (C=O) groups excluding carboxylic acids is 3. The molecule has 1 unspecified atom stereocenters. The number of rotatable bonds is 9. The highest BCUT2D eigenvalue weighted by molar-refractivity contribution is 6.54. The lowest BCUT2D eigenvalue weighted by Crippen LogP contribution is -2.28. The molecule has 7 nitrogen and oxygen atoms in total. The highest BCUT2D eigenvalue weighted by Gasteiger charge is 2.67. The van der Waals surface area contributed by atoms with Crippen molar-refractivity contribution in [2.24, 2.45) is 5.92 Å². The Morgan fingerprint density at radius 3 is 2.21 bits per heavy atom. The standard InChI is InChI=1S/C28H21Cl6F2N3O4/c1-3-43-11(2)25(40)39-24-18(35)6-7-19(23(24)36)38-26(41)14-10-13(4-5-15(14)29)37-27(42)21-20(28(21,33)34)12-8-16(30)22(32)17(31)9-12/h4-11,20-21H,3H2,1-2H3,(H,37,42)(H,38,41)(H,39,40)/t11?,20-,21+/m0/s1. The lowest BCUT2D eigenvalue weighted by Gasteiger charge is -2.15. The number of anilines is 3. The Balaban J connectivity index is 1.51. The lowest BCUT2D eigenvalue weighted by atomic mass is 10.1. The monoisotopic (exact) mass is 711 g/mol. The van der Waals surface area contributed by atoms with Crippen LogP contribution >= 0.6 is 69.6 Å². The van der Waals surface area contributed by atoms with Gasteiger partial charge in [-0.1, -0.05) is 46.4 Å². The minimum atomic E-state index is -1.48. The van der Waals surface area contributed by atoms with Gasteiger partial charge >= 0.3 is 0 Å². The van der Waals surface area contributed by atoms with Gasteiger partial charge in [-0.2, -0.15) is 0 Å². The summed E-state index contributed by atoms with van der Waals surface area (Å²) >= 11 is 37.3. The molecule has 3 N–H and O–H groups in total. The molecule has 1 fully saturated rings. The minimum Gasteiger partial charge on any atom is -0.369 e. The van der Waals surface area contributed by atoms with Gasteiger partial charge in [0, 0.05) is 18.2 Å². The molecule has 3 aromatic carbocycles. The minimum absolute atomic E-state index is 0.0316. The van der Waals surface area contributed by atoms with E-state index < -0.39 is 63.0 Å². The fourth-order valence-electron chi connectivity index (χ4n) is 4.32. The van der Waals surface area contributed by atoms with Crippen LogP contribution in [-0.4, -0.2) is 34.8 Å². The van der Waals surface area contributed by atoms with Gasteiger partial charge in [-0.05, 0) is 61.9 Å². The average Bonchev–Trinajstić information content (AvgIpc) is 3.53. The second kappa shape index (κ2) is 13.3. The number of nitrogens with one attached hydrogen (secondary N) is 3. The molecule has 3 atom stereocenters. The molecule has 1 saturated carbocycles. The van der Waals surface area contributed by atoms with Crippen LogP contribution in [0.2, 0.25) is 20.1 Å². The predicted molar refractivity (Wildman–Crippen MR) is 166 cm³/mol. The lowest BCUT2D eigenvalue weighted by molar-refractivity contribution is -0.126. The summed E-state index contributed by atoms with van der Waals surface area (Å²) in [4.78, 5) is 38.4. The van der Waals surface area contributed by atoms with Crippen molar-refractivity contribution in [2.45, 2.75) is 30.2 Å². The van der Waals surface area contributed by atoms with Crippen molar-refractivity contribution in [1.82, 2.24) is 0 Å². The third-order valence-electron chi connectivity index (χ3n) is 6.55. The first-order valence-electron chi connectivity index (χ1n) is 12.5. The summed E-state index contributed by atoms with van der Waals surface area (Å²) in [6.07, 6.45) is -0.978. The van der Waals surface area contributed by atoms with Crippen LogP contribution in [-0.2, 0) is 14.3 Å². The summed E-state index contributed by atoms with van der Waals surface area (Å²) in [6.45, 7) is 3.29.